The summed E-state index contributed by atoms with van der Waals surface area (Å²) in [5, 5.41) is 4.02. The SMILES string of the molecule is CCc1nc([C@H]2CCCN2C(=O)C[C@@H]2CCCO2)no1. The second-order valence-corrected chi connectivity index (χ2v) is 5.48. The van der Waals surface area contributed by atoms with Gasteiger partial charge < -0.3 is 14.2 Å². The molecule has 1 amide bonds. The number of hydrogen-bond acceptors (Lipinski definition) is 5. The van der Waals surface area contributed by atoms with E-state index in [1.807, 2.05) is 11.8 Å². The van der Waals surface area contributed by atoms with Crippen molar-refractivity contribution in [3.8, 4) is 0 Å². The van der Waals surface area contributed by atoms with Crippen LogP contribution < -0.4 is 0 Å². The summed E-state index contributed by atoms with van der Waals surface area (Å²) in [6.07, 6.45) is 5.27. The van der Waals surface area contributed by atoms with E-state index in [4.69, 9.17) is 9.26 Å². The first kappa shape index (κ1) is 13.5. The van der Waals surface area contributed by atoms with Crippen molar-refractivity contribution in [2.24, 2.45) is 0 Å². The molecule has 6 heteroatoms. The highest BCUT2D eigenvalue weighted by Gasteiger charge is 2.34. The molecule has 3 rings (SSSR count). The van der Waals surface area contributed by atoms with Crippen molar-refractivity contribution in [1.29, 1.82) is 0 Å². The van der Waals surface area contributed by atoms with Crippen LogP contribution in [0.2, 0.25) is 0 Å². The Balaban J connectivity index is 1.66. The summed E-state index contributed by atoms with van der Waals surface area (Å²) in [4.78, 5) is 18.7. The first-order valence-electron chi connectivity index (χ1n) is 7.51. The van der Waals surface area contributed by atoms with Gasteiger partial charge in [-0.1, -0.05) is 12.1 Å². The predicted octanol–water partition coefficient (Wildman–Crippen LogP) is 1.86. The normalized spacial score (nSPS) is 26.4. The van der Waals surface area contributed by atoms with Crippen LogP contribution >= 0.6 is 0 Å². The van der Waals surface area contributed by atoms with Gasteiger partial charge in [-0.05, 0) is 25.7 Å². The lowest BCUT2D eigenvalue weighted by atomic mass is 10.1. The smallest absolute Gasteiger partial charge is 0.226 e. The van der Waals surface area contributed by atoms with Crippen LogP contribution in [0.15, 0.2) is 4.52 Å². The van der Waals surface area contributed by atoms with E-state index in [1.165, 1.54) is 0 Å². The van der Waals surface area contributed by atoms with E-state index >= 15 is 0 Å². The fraction of sp³-hybridized carbons (Fsp3) is 0.786. The van der Waals surface area contributed by atoms with Gasteiger partial charge in [-0.2, -0.15) is 4.98 Å². The largest absolute Gasteiger partial charge is 0.378 e. The van der Waals surface area contributed by atoms with Crippen LogP contribution in [0.1, 0.15) is 56.8 Å². The lowest BCUT2D eigenvalue weighted by Gasteiger charge is -2.23. The van der Waals surface area contributed by atoms with E-state index in [2.05, 4.69) is 10.1 Å². The van der Waals surface area contributed by atoms with Gasteiger partial charge in [0.1, 0.15) is 0 Å². The predicted molar refractivity (Wildman–Crippen MR) is 71.0 cm³/mol. The number of rotatable bonds is 4. The number of carbonyl (C=O) groups is 1. The van der Waals surface area contributed by atoms with Crippen LogP contribution in [0, 0.1) is 0 Å². The molecule has 0 saturated carbocycles. The van der Waals surface area contributed by atoms with Crippen LogP contribution in [0.5, 0.6) is 0 Å². The van der Waals surface area contributed by atoms with Crippen LogP contribution in [-0.2, 0) is 16.0 Å². The molecule has 110 valence electrons. The summed E-state index contributed by atoms with van der Waals surface area (Å²) in [7, 11) is 0. The van der Waals surface area contributed by atoms with Crippen molar-refractivity contribution in [3.63, 3.8) is 0 Å². The molecule has 20 heavy (non-hydrogen) atoms. The topological polar surface area (TPSA) is 68.5 Å². The third-order valence-electron chi connectivity index (χ3n) is 4.08. The third kappa shape index (κ3) is 2.70. The minimum atomic E-state index is -0.0204. The van der Waals surface area contributed by atoms with Gasteiger partial charge in [0.15, 0.2) is 5.82 Å². The lowest BCUT2D eigenvalue weighted by Crippen LogP contribution is -2.33. The molecule has 2 aliphatic heterocycles. The number of ether oxygens (including phenoxy) is 1. The lowest BCUT2D eigenvalue weighted by molar-refractivity contribution is -0.134. The molecule has 1 aromatic heterocycles. The van der Waals surface area contributed by atoms with Gasteiger partial charge in [0.2, 0.25) is 11.8 Å². The summed E-state index contributed by atoms with van der Waals surface area (Å²) in [5.74, 6) is 1.45. The summed E-state index contributed by atoms with van der Waals surface area (Å²) in [6, 6.07) is -0.0204. The summed E-state index contributed by atoms with van der Waals surface area (Å²) in [6.45, 7) is 3.55. The van der Waals surface area contributed by atoms with Crippen molar-refractivity contribution >= 4 is 5.91 Å². The van der Waals surface area contributed by atoms with Gasteiger partial charge in [-0.25, -0.2) is 0 Å². The highest BCUT2D eigenvalue weighted by Crippen LogP contribution is 2.31. The zero-order chi connectivity index (χ0) is 13.9. The van der Waals surface area contributed by atoms with E-state index in [9.17, 15) is 4.79 Å². The van der Waals surface area contributed by atoms with E-state index in [0.717, 1.165) is 45.3 Å². The van der Waals surface area contributed by atoms with Crippen LogP contribution in [-0.4, -0.2) is 40.2 Å². The quantitative estimate of drug-likeness (QED) is 0.841. The number of amides is 1. The van der Waals surface area contributed by atoms with Crippen molar-refractivity contribution in [1.82, 2.24) is 15.0 Å². The van der Waals surface area contributed by atoms with Crippen LogP contribution in [0.4, 0.5) is 0 Å². The van der Waals surface area contributed by atoms with E-state index in [-0.39, 0.29) is 18.1 Å². The average molecular weight is 279 g/mol. The van der Waals surface area contributed by atoms with Crippen LogP contribution in [0.25, 0.3) is 0 Å². The number of likely N-dealkylation sites (tertiary alicyclic amines) is 1. The van der Waals surface area contributed by atoms with E-state index in [0.29, 0.717) is 18.1 Å². The van der Waals surface area contributed by atoms with Gasteiger partial charge >= 0.3 is 0 Å². The van der Waals surface area contributed by atoms with E-state index < -0.39 is 0 Å². The fourth-order valence-electron chi connectivity index (χ4n) is 3.00. The Morgan fingerprint density at radius 3 is 3.00 bits per heavy atom. The fourth-order valence-corrected chi connectivity index (χ4v) is 3.00. The Bertz CT molecular complexity index is 468. The van der Waals surface area contributed by atoms with Crippen molar-refractivity contribution in [3.05, 3.63) is 11.7 Å². The molecule has 0 N–H and O–H groups in total. The second-order valence-electron chi connectivity index (χ2n) is 5.48. The zero-order valence-corrected chi connectivity index (χ0v) is 11.9. The summed E-state index contributed by atoms with van der Waals surface area (Å²) >= 11 is 0. The van der Waals surface area contributed by atoms with Gasteiger partial charge in [0, 0.05) is 19.6 Å². The minimum Gasteiger partial charge on any atom is -0.378 e. The third-order valence-corrected chi connectivity index (χ3v) is 4.08. The molecule has 0 radical (unpaired) electrons. The molecular weight excluding hydrogens is 258 g/mol. The molecule has 2 atom stereocenters. The summed E-state index contributed by atoms with van der Waals surface area (Å²) in [5.41, 5.74) is 0. The average Bonchev–Trinajstić information content (AvgIpc) is 3.19. The molecular formula is C14H21N3O3. The number of carbonyl (C=O) groups excluding carboxylic acids is 1. The van der Waals surface area contributed by atoms with E-state index in [1.54, 1.807) is 0 Å². The minimum absolute atomic E-state index is 0.0204. The van der Waals surface area contributed by atoms with Crippen molar-refractivity contribution in [2.75, 3.05) is 13.2 Å². The van der Waals surface area contributed by atoms with Crippen LogP contribution in [0.3, 0.4) is 0 Å². The second kappa shape index (κ2) is 5.91. The van der Waals surface area contributed by atoms with Gasteiger partial charge in [0.25, 0.3) is 0 Å². The number of aromatic nitrogens is 2. The highest BCUT2D eigenvalue weighted by molar-refractivity contribution is 5.77. The van der Waals surface area contributed by atoms with Gasteiger partial charge in [0.05, 0.1) is 18.6 Å². The first-order chi connectivity index (χ1) is 9.78. The van der Waals surface area contributed by atoms with Gasteiger partial charge in [-0.15, -0.1) is 0 Å². The van der Waals surface area contributed by atoms with Crippen molar-refractivity contribution in [2.45, 2.75) is 57.6 Å². The maximum atomic E-state index is 12.4. The Hall–Kier alpha value is -1.43. The molecule has 0 spiro atoms. The molecule has 1 aromatic rings. The Morgan fingerprint density at radius 1 is 1.40 bits per heavy atom. The number of aryl methyl sites for hydroxylation is 1. The number of nitrogens with zero attached hydrogens (tertiary/aromatic N) is 3. The highest BCUT2D eigenvalue weighted by atomic mass is 16.5. The molecule has 0 bridgehead atoms. The summed E-state index contributed by atoms with van der Waals surface area (Å²) < 4.78 is 10.7. The molecule has 2 fully saturated rings. The molecule has 2 aliphatic rings. The molecule has 0 aliphatic carbocycles. The molecule has 0 unspecified atom stereocenters. The monoisotopic (exact) mass is 279 g/mol. The molecule has 0 aromatic carbocycles. The number of hydrogen-bond donors (Lipinski definition) is 0. The van der Waals surface area contributed by atoms with Crippen molar-refractivity contribution < 1.29 is 14.1 Å². The van der Waals surface area contributed by atoms with Gasteiger partial charge in [-0.3, -0.25) is 4.79 Å². The maximum absolute atomic E-state index is 12.4. The Morgan fingerprint density at radius 2 is 2.30 bits per heavy atom. The Kier molecular flexibility index (Phi) is 4.00. The molecule has 2 saturated heterocycles. The standard InChI is InChI=1S/C14H21N3O3/c1-2-12-15-14(16-20-12)11-6-3-7-17(11)13(18)9-10-5-4-8-19-10/h10-11H,2-9H2,1H3/t10-,11+/m0/s1. The zero-order valence-electron chi connectivity index (χ0n) is 11.9. The maximum Gasteiger partial charge on any atom is 0.226 e. The Labute approximate surface area is 118 Å². The molecule has 3 heterocycles. The first-order valence-corrected chi connectivity index (χ1v) is 7.51. The molecule has 6 nitrogen and oxygen atoms in total.